The van der Waals surface area contributed by atoms with Gasteiger partial charge in [0.2, 0.25) is 13.6 Å². The molecule has 1 aliphatic heterocycles. The zero-order valence-electron chi connectivity index (χ0n) is 4.57. The van der Waals surface area contributed by atoms with Gasteiger partial charge in [-0.15, -0.1) is 0 Å². The Morgan fingerprint density at radius 3 is 1.89 bits per heavy atom. The quantitative estimate of drug-likeness (QED) is 0.321. The molecule has 1 aliphatic rings. The molecule has 0 aromatic heterocycles. The lowest BCUT2D eigenvalue weighted by Gasteiger charge is -1.96. The van der Waals surface area contributed by atoms with Crippen molar-refractivity contribution < 1.29 is 28.7 Å². The van der Waals surface area contributed by atoms with Gasteiger partial charge in [0.1, 0.15) is 0 Å². The highest BCUT2D eigenvalue weighted by Gasteiger charge is 1.97. The van der Waals surface area contributed by atoms with Crippen LogP contribution in [0.15, 0.2) is 0 Å². The van der Waals surface area contributed by atoms with Crippen LogP contribution in [-0.4, -0.2) is 23.6 Å². The highest BCUT2D eigenvalue weighted by Crippen LogP contribution is 1.88. The van der Waals surface area contributed by atoms with Gasteiger partial charge in [0, 0.05) is 0 Å². The van der Waals surface area contributed by atoms with Gasteiger partial charge >= 0.3 is 10.0 Å². The van der Waals surface area contributed by atoms with Crippen LogP contribution in [0.5, 0.6) is 0 Å². The van der Waals surface area contributed by atoms with E-state index in [1.165, 1.54) is 0 Å². The first-order chi connectivity index (χ1) is 4.50. The van der Waals surface area contributed by atoms with Crippen molar-refractivity contribution >= 4 is 10.0 Å². The van der Waals surface area contributed by atoms with Crippen LogP contribution in [-0.2, 0) is 28.7 Å². The molecule has 0 N–H and O–H groups in total. The third kappa shape index (κ3) is 3.54. The van der Waals surface area contributed by atoms with Gasteiger partial charge in [-0.2, -0.15) is 0 Å². The van der Waals surface area contributed by atoms with Crippen LogP contribution >= 0.6 is 0 Å². The molecule has 54 valence electrons. The first-order valence-corrected chi connectivity index (χ1v) is 3.39. The molecule has 6 nitrogen and oxygen atoms in total. The minimum Gasteiger partial charge on any atom is -0.254 e. The minimum absolute atomic E-state index is 0.0697. The van der Waals surface area contributed by atoms with Crippen molar-refractivity contribution in [2.75, 3.05) is 13.6 Å². The summed E-state index contributed by atoms with van der Waals surface area (Å²) >= 11 is 0. The second kappa shape index (κ2) is 4.82. The number of rotatable bonds is 0. The Morgan fingerprint density at radius 1 is 0.778 bits per heavy atom. The van der Waals surface area contributed by atoms with Crippen molar-refractivity contribution in [3.05, 3.63) is 0 Å². The number of hydrogen-bond donors (Lipinski definition) is 0. The average molecular weight is 154 g/mol. The molecular weight excluding hydrogens is 148 g/mol. The van der Waals surface area contributed by atoms with Crippen molar-refractivity contribution in [1.82, 2.24) is 0 Å². The second-order valence-corrected chi connectivity index (χ2v) is 1.77. The van der Waals surface area contributed by atoms with Gasteiger partial charge in [0.05, 0.1) is 0 Å². The lowest BCUT2D eigenvalue weighted by molar-refractivity contribution is -0.419. The SMILES string of the molecule is C1OOCOO[SiH2]OO1. The van der Waals surface area contributed by atoms with Crippen molar-refractivity contribution in [3.63, 3.8) is 0 Å². The first kappa shape index (κ1) is 7.09. The van der Waals surface area contributed by atoms with Gasteiger partial charge < -0.3 is 0 Å². The Labute approximate surface area is 53.4 Å². The molecule has 0 saturated carbocycles. The Hall–Kier alpha value is -0.0231. The van der Waals surface area contributed by atoms with E-state index < -0.39 is 10.0 Å². The van der Waals surface area contributed by atoms with E-state index in [1.54, 1.807) is 0 Å². The van der Waals surface area contributed by atoms with E-state index in [0.717, 1.165) is 0 Å². The Bertz CT molecular complexity index is 39.5. The molecule has 0 aliphatic carbocycles. The monoisotopic (exact) mass is 154 g/mol. The first-order valence-electron chi connectivity index (χ1n) is 2.23. The summed E-state index contributed by atoms with van der Waals surface area (Å²) in [6.45, 7) is -0.139. The van der Waals surface area contributed by atoms with Crippen molar-refractivity contribution in [2.45, 2.75) is 0 Å². The van der Waals surface area contributed by atoms with Crippen LogP contribution in [0.2, 0.25) is 0 Å². The molecule has 0 radical (unpaired) electrons. The van der Waals surface area contributed by atoms with Crippen LogP contribution in [0, 0.1) is 0 Å². The highest BCUT2D eigenvalue weighted by molar-refractivity contribution is 6.17. The zero-order valence-corrected chi connectivity index (χ0v) is 5.99. The second-order valence-electron chi connectivity index (χ2n) is 1.06. The molecule has 1 heterocycles. The summed E-state index contributed by atoms with van der Waals surface area (Å²) in [5.41, 5.74) is 0. The molecule has 1 saturated heterocycles. The summed E-state index contributed by atoms with van der Waals surface area (Å²) in [6.07, 6.45) is 0. The molecule has 0 spiro atoms. The molecule has 1 fully saturated rings. The van der Waals surface area contributed by atoms with Crippen LogP contribution in [0.1, 0.15) is 0 Å². The molecule has 7 heteroatoms. The van der Waals surface area contributed by atoms with Gasteiger partial charge in [-0.05, 0) is 0 Å². The van der Waals surface area contributed by atoms with Gasteiger partial charge in [-0.25, -0.2) is 19.6 Å². The molecule has 1 rings (SSSR count). The molecule has 0 aromatic carbocycles. The van der Waals surface area contributed by atoms with Crippen molar-refractivity contribution in [1.29, 1.82) is 0 Å². The minimum atomic E-state index is -1.18. The van der Waals surface area contributed by atoms with E-state index in [-0.39, 0.29) is 13.6 Å². The fraction of sp³-hybridized carbons (Fsp3) is 1.00. The highest BCUT2D eigenvalue weighted by atomic mass is 28.3. The zero-order chi connectivity index (χ0) is 6.36. The van der Waals surface area contributed by atoms with Crippen LogP contribution in [0.25, 0.3) is 0 Å². The molecule has 0 amide bonds. The molecule has 0 bridgehead atoms. The Balaban J connectivity index is 2.02. The van der Waals surface area contributed by atoms with Gasteiger partial charge in [0.15, 0.2) is 0 Å². The van der Waals surface area contributed by atoms with Crippen LogP contribution < -0.4 is 0 Å². The van der Waals surface area contributed by atoms with Gasteiger partial charge in [-0.3, -0.25) is 9.15 Å². The fourth-order valence-corrected chi connectivity index (χ4v) is 0.574. The smallest absolute Gasteiger partial charge is 0.254 e. The molecule has 0 aromatic rings. The summed E-state index contributed by atoms with van der Waals surface area (Å²) in [7, 11) is -1.18. The summed E-state index contributed by atoms with van der Waals surface area (Å²) in [5.74, 6) is 0. The third-order valence-electron chi connectivity index (χ3n) is 0.539. The van der Waals surface area contributed by atoms with Crippen LogP contribution in [0.3, 0.4) is 0 Å². The van der Waals surface area contributed by atoms with E-state index in [0.29, 0.717) is 0 Å². The van der Waals surface area contributed by atoms with E-state index in [9.17, 15) is 0 Å². The third-order valence-corrected chi connectivity index (χ3v) is 1.06. The molecule has 0 unspecified atom stereocenters. The summed E-state index contributed by atoms with van der Waals surface area (Å²) in [6, 6.07) is 0. The Kier molecular flexibility index (Phi) is 3.79. The van der Waals surface area contributed by atoms with Crippen molar-refractivity contribution in [2.24, 2.45) is 0 Å². The van der Waals surface area contributed by atoms with Gasteiger partial charge in [-0.1, -0.05) is 0 Å². The van der Waals surface area contributed by atoms with E-state index in [2.05, 4.69) is 28.7 Å². The normalized spacial score (nSPS) is 24.0. The summed E-state index contributed by atoms with van der Waals surface area (Å²) < 4.78 is 8.88. The lowest BCUT2D eigenvalue weighted by Crippen LogP contribution is -2.04. The van der Waals surface area contributed by atoms with E-state index >= 15 is 0 Å². The topological polar surface area (TPSA) is 55.4 Å². The lowest BCUT2D eigenvalue weighted by atomic mass is 11.5. The fourth-order valence-electron chi connectivity index (χ4n) is 0.263. The maximum atomic E-state index is 4.44. The maximum Gasteiger partial charge on any atom is 0.382 e. The van der Waals surface area contributed by atoms with Crippen molar-refractivity contribution in [3.8, 4) is 0 Å². The molecule has 9 heavy (non-hydrogen) atoms. The maximum absolute atomic E-state index is 4.44. The summed E-state index contributed by atoms with van der Waals surface area (Å²) in [4.78, 5) is 17.4. The van der Waals surface area contributed by atoms with E-state index in [4.69, 9.17) is 0 Å². The van der Waals surface area contributed by atoms with Crippen LogP contribution in [0.4, 0.5) is 0 Å². The standard InChI is InChI=1S/C2H6O6Si/c1-3-4-2-6-8-9-7-5-1/h1-2,9H2. The largest absolute Gasteiger partial charge is 0.382 e. The summed E-state index contributed by atoms with van der Waals surface area (Å²) in [5, 5.41) is 0. The predicted molar refractivity (Wildman–Crippen MR) is 24.8 cm³/mol. The number of hydrogen-bond acceptors (Lipinski definition) is 6. The molecular formula is C2H6O6Si. The van der Waals surface area contributed by atoms with E-state index in [1.807, 2.05) is 0 Å². The van der Waals surface area contributed by atoms with Gasteiger partial charge in [0.25, 0.3) is 0 Å². The molecule has 0 atom stereocenters. The average Bonchev–Trinajstić information content (AvgIpc) is 2.00. The Morgan fingerprint density at radius 2 is 1.33 bits per heavy atom. The predicted octanol–water partition coefficient (Wildman–Crippen LogP) is -1.24.